The number of nitrogens with one attached hydrogen (secondary N) is 1. The molecular formula is C27H38N2O3. The highest BCUT2D eigenvalue weighted by Crippen LogP contribution is 2.26. The van der Waals surface area contributed by atoms with Crippen LogP contribution < -0.4 is 10.1 Å². The van der Waals surface area contributed by atoms with Crippen LogP contribution in [-0.2, 0) is 16.0 Å². The molecule has 0 aliphatic rings. The van der Waals surface area contributed by atoms with Crippen LogP contribution in [0.15, 0.2) is 54.6 Å². The Balaban J connectivity index is 2.18. The Hall–Kier alpha value is -2.82. The Bertz CT molecular complexity index is 851. The largest absolute Gasteiger partial charge is 0.483 e. The minimum Gasteiger partial charge on any atom is -0.483 e. The number of nitrogens with zero attached hydrogens (tertiary/aromatic N) is 1. The van der Waals surface area contributed by atoms with Crippen molar-refractivity contribution in [1.29, 1.82) is 0 Å². The first-order valence-corrected chi connectivity index (χ1v) is 11.7. The third kappa shape index (κ3) is 7.40. The van der Waals surface area contributed by atoms with Gasteiger partial charge in [0, 0.05) is 12.6 Å². The zero-order chi connectivity index (χ0) is 23.5. The van der Waals surface area contributed by atoms with Crippen LogP contribution in [0.3, 0.4) is 0 Å². The van der Waals surface area contributed by atoms with E-state index < -0.39 is 6.04 Å². The van der Waals surface area contributed by atoms with Crippen LogP contribution in [0, 0.1) is 0 Å². The molecule has 174 valence electrons. The molecule has 0 heterocycles. The van der Waals surface area contributed by atoms with E-state index >= 15 is 0 Å². The number of hydrogen-bond acceptors (Lipinski definition) is 3. The van der Waals surface area contributed by atoms with Crippen molar-refractivity contribution in [3.8, 4) is 5.75 Å². The lowest BCUT2D eigenvalue weighted by atomic mass is 10.0. The molecule has 0 aromatic heterocycles. The predicted octanol–water partition coefficient (Wildman–Crippen LogP) is 4.95. The van der Waals surface area contributed by atoms with Gasteiger partial charge in [-0.15, -0.1) is 0 Å². The van der Waals surface area contributed by atoms with E-state index in [4.69, 9.17) is 4.74 Å². The van der Waals surface area contributed by atoms with E-state index in [9.17, 15) is 9.59 Å². The van der Waals surface area contributed by atoms with Crippen LogP contribution in [-0.4, -0.2) is 41.9 Å². The summed E-state index contributed by atoms with van der Waals surface area (Å²) in [6, 6.07) is 17.4. The van der Waals surface area contributed by atoms with E-state index in [0.717, 1.165) is 23.3 Å². The Morgan fingerprint density at radius 1 is 0.938 bits per heavy atom. The predicted molar refractivity (Wildman–Crippen MR) is 130 cm³/mol. The number of benzene rings is 2. The lowest BCUT2D eigenvalue weighted by Crippen LogP contribution is -2.52. The van der Waals surface area contributed by atoms with Gasteiger partial charge in [-0.25, -0.2) is 0 Å². The molecule has 32 heavy (non-hydrogen) atoms. The first kappa shape index (κ1) is 25.4. The molecule has 1 N–H and O–H groups in total. The van der Waals surface area contributed by atoms with E-state index in [1.807, 2.05) is 75.4 Å². The van der Waals surface area contributed by atoms with E-state index in [1.165, 1.54) is 0 Å². The molecule has 0 aliphatic carbocycles. The van der Waals surface area contributed by atoms with E-state index in [0.29, 0.717) is 25.3 Å². The number of hydrogen-bond donors (Lipinski definition) is 1. The van der Waals surface area contributed by atoms with E-state index in [1.54, 1.807) is 4.90 Å². The fourth-order valence-corrected chi connectivity index (χ4v) is 3.65. The van der Waals surface area contributed by atoms with Crippen LogP contribution in [0.25, 0.3) is 0 Å². The summed E-state index contributed by atoms with van der Waals surface area (Å²) >= 11 is 0. The normalized spacial score (nSPS) is 12.8. The Morgan fingerprint density at radius 3 is 2.22 bits per heavy atom. The monoisotopic (exact) mass is 438 g/mol. The maximum atomic E-state index is 13.3. The zero-order valence-corrected chi connectivity index (χ0v) is 20.1. The highest BCUT2D eigenvalue weighted by Gasteiger charge is 2.29. The van der Waals surface area contributed by atoms with Gasteiger partial charge < -0.3 is 15.0 Å². The van der Waals surface area contributed by atoms with Gasteiger partial charge in [-0.05, 0) is 49.3 Å². The third-order valence-electron chi connectivity index (χ3n) is 5.76. The lowest BCUT2D eigenvalue weighted by Gasteiger charge is -2.31. The van der Waals surface area contributed by atoms with Crippen LogP contribution in [0.1, 0.15) is 64.5 Å². The molecule has 2 aromatic carbocycles. The van der Waals surface area contributed by atoms with Crippen molar-refractivity contribution in [2.24, 2.45) is 0 Å². The molecular weight excluding hydrogens is 400 g/mol. The van der Waals surface area contributed by atoms with Gasteiger partial charge in [-0.1, -0.05) is 76.2 Å². The van der Waals surface area contributed by atoms with Crippen molar-refractivity contribution < 1.29 is 14.3 Å². The van der Waals surface area contributed by atoms with Gasteiger partial charge >= 0.3 is 0 Å². The van der Waals surface area contributed by atoms with Crippen molar-refractivity contribution in [2.45, 2.75) is 71.9 Å². The molecule has 5 heteroatoms. The fraction of sp³-hybridized carbons (Fsp3) is 0.481. The number of amides is 2. The van der Waals surface area contributed by atoms with Gasteiger partial charge in [0.1, 0.15) is 11.8 Å². The Morgan fingerprint density at radius 2 is 1.59 bits per heavy atom. The maximum absolute atomic E-state index is 13.3. The summed E-state index contributed by atoms with van der Waals surface area (Å²) in [5.74, 6) is 0.729. The molecule has 2 atom stereocenters. The molecule has 2 rings (SSSR count). The number of para-hydroxylation sites is 1. The molecule has 0 radical (unpaired) electrons. The summed E-state index contributed by atoms with van der Waals surface area (Å²) in [6.45, 7) is 10.5. The number of rotatable bonds is 12. The molecule has 0 bridgehead atoms. The average Bonchev–Trinajstić information content (AvgIpc) is 2.80. The summed E-state index contributed by atoms with van der Waals surface area (Å²) in [5, 5.41) is 3.04. The zero-order valence-electron chi connectivity index (χ0n) is 20.1. The summed E-state index contributed by atoms with van der Waals surface area (Å²) < 4.78 is 5.95. The summed E-state index contributed by atoms with van der Waals surface area (Å²) in [6.07, 6.45) is 2.07. The van der Waals surface area contributed by atoms with Crippen molar-refractivity contribution in [2.75, 3.05) is 13.2 Å². The standard InChI is InChI=1S/C27H38N2O3/c1-6-21(5)28-27(31)24(7-2)29(18-17-22-13-9-8-10-14-22)26(30)19-32-25-16-12-11-15-23(25)20(3)4/h8-16,20-21,24H,6-7,17-19H2,1-5H3,(H,28,31)/t21-,24-/m1/s1. The Kier molecular flexibility index (Phi) is 10.3. The average molecular weight is 439 g/mol. The van der Waals surface area contributed by atoms with Gasteiger partial charge in [0.05, 0.1) is 0 Å². The van der Waals surface area contributed by atoms with Crippen molar-refractivity contribution in [3.63, 3.8) is 0 Å². The third-order valence-corrected chi connectivity index (χ3v) is 5.76. The van der Waals surface area contributed by atoms with Crippen molar-refractivity contribution in [1.82, 2.24) is 10.2 Å². The number of carbonyl (C=O) groups excluding carboxylic acids is 2. The summed E-state index contributed by atoms with van der Waals surface area (Å²) in [4.78, 5) is 28.0. The first-order valence-electron chi connectivity index (χ1n) is 11.7. The molecule has 0 spiro atoms. The lowest BCUT2D eigenvalue weighted by molar-refractivity contribution is -0.142. The van der Waals surface area contributed by atoms with Gasteiger partial charge in [0.25, 0.3) is 5.91 Å². The van der Waals surface area contributed by atoms with Gasteiger partial charge in [-0.3, -0.25) is 9.59 Å². The van der Waals surface area contributed by atoms with Crippen LogP contribution in [0.4, 0.5) is 0 Å². The van der Waals surface area contributed by atoms with Gasteiger partial charge in [0.2, 0.25) is 5.91 Å². The molecule has 0 aliphatic heterocycles. The van der Waals surface area contributed by atoms with Crippen LogP contribution in [0.5, 0.6) is 5.75 Å². The maximum Gasteiger partial charge on any atom is 0.261 e. The second-order valence-corrected chi connectivity index (χ2v) is 8.55. The van der Waals surface area contributed by atoms with E-state index in [-0.39, 0.29) is 24.5 Å². The minimum absolute atomic E-state index is 0.0665. The SMILES string of the molecule is CC[C@@H](C)NC(=O)[C@@H](CC)N(CCc1ccccc1)C(=O)COc1ccccc1C(C)C. The highest BCUT2D eigenvalue weighted by atomic mass is 16.5. The number of ether oxygens (including phenoxy) is 1. The molecule has 5 nitrogen and oxygen atoms in total. The molecule has 0 saturated carbocycles. The first-order chi connectivity index (χ1) is 15.4. The second kappa shape index (κ2) is 12.9. The van der Waals surface area contributed by atoms with Crippen LogP contribution >= 0.6 is 0 Å². The second-order valence-electron chi connectivity index (χ2n) is 8.55. The van der Waals surface area contributed by atoms with Crippen molar-refractivity contribution >= 4 is 11.8 Å². The quantitative estimate of drug-likeness (QED) is 0.510. The molecule has 0 fully saturated rings. The molecule has 2 amide bonds. The summed E-state index contributed by atoms with van der Waals surface area (Å²) in [7, 11) is 0. The Labute approximate surface area is 193 Å². The highest BCUT2D eigenvalue weighted by molar-refractivity contribution is 5.88. The smallest absolute Gasteiger partial charge is 0.261 e. The summed E-state index contributed by atoms with van der Waals surface area (Å²) in [5.41, 5.74) is 2.20. The van der Waals surface area contributed by atoms with Gasteiger partial charge in [0.15, 0.2) is 6.61 Å². The molecule has 2 aromatic rings. The minimum atomic E-state index is -0.524. The topological polar surface area (TPSA) is 58.6 Å². The fourth-order valence-electron chi connectivity index (χ4n) is 3.65. The van der Waals surface area contributed by atoms with Gasteiger partial charge in [-0.2, -0.15) is 0 Å². The van der Waals surface area contributed by atoms with Crippen molar-refractivity contribution in [3.05, 3.63) is 65.7 Å². The number of carbonyl (C=O) groups is 2. The van der Waals surface area contributed by atoms with E-state index in [2.05, 4.69) is 19.2 Å². The molecule has 0 unspecified atom stereocenters. The molecule has 0 saturated heterocycles. The van der Waals surface area contributed by atoms with Crippen LogP contribution in [0.2, 0.25) is 0 Å².